The first-order valence-corrected chi connectivity index (χ1v) is 9.39. The Morgan fingerprint density at radius 2 is 1.97 bits per heavy atom. The number of primary amides is 1. The molecular weight excluding hydrogens is 387 g/mol. The Kier molecular flexibility index (Phi) is 6.41. The van der Waals surface area contributed by atoms with Crippen LogP contribution >= 0.6 is 0 Å². The van der Waals surface area contributed by atoms with Crippen LogP contribution in [0.25, 0.3) is 5.82 Å². The average Bonchev–Trinajstić information content (AvgIpc) is 3.04. The van der Waals surface area contributed by atoms with Crippen molar-refractivity contribution in [2.75, 3.05) is 0 Å². The molecule has 8 nitrogen and oxygen atoms in total. The summed E-state index contributed by atoms with van der Waals surface area (Å²) >= 11 is 0. The zero-order valence-electron chi connectivity index (χ0n) is 16.7. The fourth-order valence-corrected chi connectivity index (χ4v) is 3.13. The van der Waals surface area contributed by atoms with Gasteiger partial charge in [0.1, 0.15) is 5.82 Å². The van der Waals surface area contributed by atoms with Gasteiger partial charge in [0, 0.05) is 24.0 Å². The number of carbonyl (C=O) groups is 2. The standard InChI is InChI=1S/C21H23FN6O2/c1-13-9-14(2)28(27-13)19-8-7-15(11-24-19)12-25-20(29)10-18(26-21(23)30)16-5-3-4-6-17(16)22/h3-9,11,18H,10,12H2,1-2H3,(H,25,29)(H3,23,26,30)/t18-/m0/s1. The van der Waals surface area contributed by atoms with E-state index >= 15 is 0 Å². The van der Waals surface area contributed by atoms with Crippen LogP contribution in [0.15, 0.2) is 48.7 Å². The van der Waals surface area contributed by atoms with Crippen LogP contribution in [-0.4, -0.2) is 26.7 Å². The fraction of sp³-hybridized carbons (Fsp3) is 0.238. The van der Waals surface area contributed by atoms with Crippen molar-refractivity contribution < 1.29 is 14.0 Å². The van der Waals surface area contributed by atoms with Crippen molar-refractivity contribution in [1.82, 2.24) is 25.4 Å². The van der Waals surface area contributed by atoms with Crippen LogP contribution in [-0.2, 0) is 11.3 Å². The molecule has 30 heavy (non-hydrogen) atoms. The van der Waals surface area contributed by atoms with E-state index in [0.29, 0.717) is 5.82 Å². The van der Waals surface area contributed by atoms with Crippen molar-refractivity contribution in [3.8, 4) is 5.82 Å². The molecule has 0 spiro atoms. The third-order valence-corrected chi connectivity index (χ3v) is 4.51. The minimum absolute atomic E-state index is 0.152. The molecule has 0 aliphatic rings. The maximum Gasteiger partial charge on any atom is 0.312 e. The smallest absolute Gasteiger partial charge is 0.312 e. The number of benzene rings is 1. The Morgan fingerprint density at radius 3 is 2.57 bits per heavy atom. The number of nitrogens with two attached hydrogens (primary N) is 1. The number of halogens is 1. The van der Waals surface area contributed by atoms with E-state index in [9.17, 15) is 14.0 Å². The summed E-state index contributed by atoms with van der Waals surface area (Å²) in [7, 11) is 0. The topological polar surface area (TPSA) is 115 Å². The average molecular weight is 410 g/mol. The van der Waals surface area contributed by atoms with Gasteiger partial charge in [-0.25, -0.2) is 18.9 Å². The molecule has 2 heterocycles. The first-order valence-electron chi connectivity index (χ1n) is 9.39. The second-order valence-corrected chi connectivity index (χ2v) is 6.93. The molecular formula is C21H23FN6O2. The Morgan fingerprint density at radius 1 is 1.20 bits per heavy atom. The van der Waals surface area contributed by atoms with Gasteiger partial charge in [-0.3, -0.25) is 4.79 Å². The highest BCUT2D eigenvalue weighted by Crippen LogP contribution is 2.20. The van der Waals surface area contributed by atoms with Gasteiger partial charge in [-0.05, 0) is 37.6 Å². The molecule has 0 radical (unpaired) electrons. The van der Waals surface area contributed by atoms with Crippen LogP contribution in [0.4, 0.5) is 9.18 Å². The highest BCUT2D eigenvalue weighted by Gasteiger charge is 2.20. The van der Waals surface area contributed by atoms with Crippen molar-refractivity contribution in [1.29, 1.82) is 0 Å². The fourth-order valence-electron chi connectivity index (χ4n) is 3.13. The summed E-state index contributed by atoms with van der Waals surface area (Å²) in [6.45, 7) is 4.10. The number of nitrogens with one attached hydrogen (secondary N) is 2. The molecule has 156 valence electrons. The minimum Gasteiger partial charge on any atom is -0.352 e. The highest BCUT2D eigenvalue weighted by atomic mass is 19.1. The third-order valence-electron chi connectivity index (χ3n) is 4.51. The van der Waals surface area contributed by atoms with Gasteiger partial charge in [0.2, 0.25) is 5.91 Å². The van der Waals surface area contributed by atoms with E-state index in [1.54, 1.807) is 16.9 Å². The zero-order chi connectivity index (χ0) is 21.7. The number of carbonyl (C=O) groups excluding carboxylic acids is 2. The van der Waals surface area contributed by atoms with Crippen LogP contribution in [0.1, 0.15) is 35.0 Å². The number of amides is 3. The molecule has 0 fully saturated rings. The molecule has 0 unspecified atom stereocenters. The van der Waals surface area contributed by atoms with Crippen molar-refractivity contribution in [3.05, 3.63) is 77.0 Å². The second-order valence-electron chi connectivity index (χ2n) is 6.93. The maximum atomic E-state index is 14.1. The van der Waals surface area contributed by atoms with Gasteiger partial charge in [-0.1, -0.05) is 24.3 Å². The molecule has 3 rings (SSSR count). The van der Waals surface area contributed by atoms with Crippen molar-refractivity contribution >= 4 is 11.9 Å². The Bertz CT molecular complexity index is 1050. The molecule has 1 atom stereocenters. The van der Waals surface area contributed by atoms with Crippen molar-refractivity contribution in [2.45, 2.75) is 32.9 Å². The lowest BCUT2D eigenvalue weighted by atomic mass is 10.0. The number of pyridine rings is 1. The monoisotopic (exact) mass is 410 g/mol. The number of aromatic nitrogens is 3. The van der Waals surface area contributed by atoms with E-state index in [2.05, 4.69) is 20.7 Å². The second kappa shape index (κ2) is 9.17. The highest BCUT2D eigenvalue weighted by molar-refractivity contribution is 5.78. The van der Waals surface area contributed by atoms with E-state index in [0.717, 1.165) is 17.0 Å². The molecule has 9 heteroatoms. The molecule has 1 aromatic carbocycles. The molecule has 3 amide bonds. The summed E-state index contributed by atoms with van der Waals surface area (Å²) in [6.07, 6.45) is 1.50. The first-order chi connectivity index (χ1) is 14.3. The summed E-state index contributed by atoms with van der Waals surface area (Å²) in [4.78, 5) is 28.0. The molecule has 0 aliphatic carbocycles. The molecule has 3 aromatic rings. The van der Waals surface area contributed by atoms with E-state index in [1.165, 1.54) is 18.2 Å². The number of nitrogens with zero attached hydrogens (tertiary/aromatic N) is 3. The van der Waals surface area contributed by atoms with Crippen molar-refractivity contribution in [2.24, 2.45) is 5.73 Å². The predicted molar refractivity (Wildman–Crippen MR) is 109 cm³/mol. The maximum absolute atomic E-state index is 14.1. The summed E-state index contributed by atoms with van der Waals surface area (Å²) in [5, 5.41) is 9.55. The summed E-state index contributed by atoms with van der Waals surface area (Å²) in [6, 6.07) is 9.85. The third kappa shape index (κ3) is 5.19. The lowest BCUT2D eigenvalue weighted by Gasteiger charge is -2.18. The SMILES string of the molecule is Cc1cc(C)n(-c2ccc(CNC(=O)C[C@H](NC(N)=O)c3ccccc3F)cn2)n1. The molecule has 2 aromatic heterocycles. The van der Waals surface area contributed by atoms with Gasteiger partial charge < -0.3 is 16.4 Å². The van der Waals surface area contributed by atoms with Gasteiger partial charge in [0.25, 0.3) is 0 Å². The molecule has 4 N–H and O–H groups in total. The number of hydrogen-bond donors (Lipinski definition) is 3. The minimum atomic E-state index is -0.866. The number of rotatable bonds is 7. The van der Waals surface area contributed by atoms with Crippen LogP contribution in [0.5, 0.6) is 0 Å². The normalized spacial score (nSPS) is 11.7. The van der Waals surface area contributed by atoms with Gasteiger partial charge in [-0.2, -0.15) is 5.10 Å². The Balaban J connectivity index is 1.62. The zero-order valence-corrected chi connectivity index (χ0v) is 16.7. The largest absolute Gasteiger partial charge is 0.352 e. The quantitative estimate of drug-likeness (QED) is 0.555. The molecule has 0 saturated carbocycles. The van der Waals surface area contributed by atoms with Gasteiger partial charge in [-0.15, -0.1) is 0 Å². The summed E-state index contributed by atoms with van der Waals surface area (Å²) in [5.74, 6) is -0.200. The van der Waals surface area contributed by atoms with E-state index in [-0.39, 0.29) is 24.4 Å². The summed E-state index contributed by atoms with van der Waals surface area (Å²) in [5.41, 5.74) is 8.04. The Hall–Kier alpha value is -3.75. The van der Waals surface area contributed by atoms with Crippen molar-refractivity contribution in [3.63, 3.8) is 0 Å². The van der Waals surface area contributed by atoms with Gasteiger partial charge in [0.05, 0.1) is 18.2 Å². The van der Waals surface area contributed by atoms with Crippen LogP contribution in [0.2, 0.25) is 0 Å². The number of urea groups is 1. The van der Waals surface area contributed by atoms with Gasteiger partial charge >= 0.3 is 6.03 Å². The van der Waals surface area contributed by atoms with E-state index in [1.807, 2.05) is 32.0 Å². The van der Waals surface area contributed by atoms with Crippen LogP contribution in [0, 0.1) is 19.7 Å². The van der Waals surface area contributed by atoms with E-state index < -0.39 is 17.9 Å². The molecule has 0 saturated heterocycles. The van der Waals surface area contributed by atoms with Crippen LogP contribution < -0.4 is 16.4 Å². The molecule has 0 aliphatic heterocycles. The molecule has 0 bridgehead atoms. The number of aryl methyl sites for hydroxylation is 2. The Labute approximate surface area is 173 Å². The number of hydrogen-bond acceptors (Lipinski definition) is 4. The first kappa shape index (κ1) is 21.0. The van der Waals surface area contributed by atoms with Gasteiger partial charge in [0.15, 0.2) is 5.82 Å². The lowest BCUT2D eigenvalue weighted by Crippen LogP contribution is -2.37. The lowest BCUT2D eigenvalue weighted by molar-refractivity contribution is -0.121. The summed E-state index contributed by atoms with van der Waals surface area (Å²) < 4.78 is 15.8. The predicted octanol–water partition coefficient (Wildman–Crippen LogP) is 2.44. The van der Waals surface area contributed by atoms with E-state index in [4.69, 9.17) is 5.73 Å². The van der Waals surface area contributed by atoms with Crippen LogP contribution in [0.3, 0.4) is 0 Å².